The molecule has 2 atom stereocenters. The first-order valence-corrected chi connectivity index (χ1v) is 6.83. The molecule has 2 unspecified atom stereocenters. The molecule has 1 aromatic rings. The van der Waals surface area contributed by atoms with E-state index in [0.29, 0.717) is 36.2 Å². The van der Waals surface area contributed by atoms with Gasteiger partial charge in [0.1, 0.15) is 0 Å². The molecule has 1 fully saturated rings. The number of non-ortho nitro benzene ring substituents is 1. The number of benzene rings is 1. The smallest absolute Gasteiger partial charge is 0.270 e. The lowest BCUT2D eigenvalue weighted by Crippen LogP contribution is -2.27. The molecule has 0 saturated heterocycles. The summed E-state index contributed by atoms with van der Waals surface area (Å²) in [6, 6.07) is 4.30. The van der Waals surface area contributed by atoms with Crippen LogP contribution in [0.3, 0.4) is 0 Å². The van der Waals surface area contributed by atoms with Crippen molar-refractivity contribution in [2.75, 3.05) is 18.4 Å². The minimum absolute atomic E-state index is 0.0726. The number of carbonyl (C=O) groups excluding carboxylic acids is 1. The maximum absolute atomic E-state index is 12.2. The maximum Gasteiger partial charge on any atom is 0.270 e. The van der Waals surface area contributed by atoms with Crippen LogP contribution in [0.15, 0.2) is 18.2 Å². The number of nitrogens with zero attached hydrogens (tertiary/aromatic N) is 1. The second kappa shape index (κ2) is 5.90. The van der Waals surface area contributed by atoms with E-state index >= 15 is 0 Å². The first-order chi connectivity index (χ1) is 9.52. The molecule has 20 heavy (non-hydrogen) atoms. The Morgan fingerprint density at radius 3 is 2.75 bits per heavy atom. The van der Waals surface area contributed by atoms with Gasteiger partial charge in [0, 0.05) is 30.9 Å². The molecule has 6 nitrogen and oxygen atoms in total. The highest BCUT2D eigenvalue weighted by Gasteiger charge is 2.32. The number of nitrogens with one attached hydrogen (secondary N) is 2. The van der Waals surface area contributed by atoms with E-state index in [1.54, 1.807) is 6.07 Å². The van der Waals surface area contributed by atoms with Gasteiger partial charge in [-0.2, -0.15) is 0 Å². The van der Waals surface area contributed by atoms with Crippen LogP contribution >= 0.6 is 0 Å². The van der Waals surface area contributed by atoms with Gasteiger partial charge < -0.3 is 10.6 Å². The summed E-state index contributed by atoms with van der Waals surface area (Å²) in [4.78, 5) is 22.5. The standard InChI is InChI=1S/C14H19N3O3/c1-3-15-13-5-4-11(17(19)20)7-12(13)14(18)16-8-10-6-9(10)2/h4-5,7,9-10,15H,3,6,8H2,1-2H3,(H,16,18). The molecule has 1 amide bonds. The van der Waals surface area contributed by atoms with Crippen LogP contribution < -0.4 is 10.6 Å². The summed E-state index contributed by atoms with van der Waals surface area (Å²) in [6.07, 6.45) is 1.13. The third-order valence-electron chi connectivity index (χ3n) is 3.63. The van der Waals surface area contributed by atoms with Gasteiger partial charge in [0.05, 0.1) is 10.5 Å². The average Bonchev–Trinajstić information content (AvgIpc) is 3.12. The molecule has 1 saturated carbocycles. The lowest BCUT2D eigenvalue weighted by atomic mass is 10.1. The Kier molecular flexibility index (Phi) is 4.22. The van der Waals surface area contributed by atoms with Gasteiger partial charge in [-0.15, -0.1) is 0 Å². The minimum atomic E-state index is -0.491. The van der Waals surface area contributed by atoms with Gasteiger partial charge in [-0.3, -0.25) is 14.9 Å². The fraction of sp³-hybridized carbons (Fsp3) is 0.500. The number of carbonyl (C=O) groups is 1. The fourth-order valence-corrected chi connectivity index (χ4v) is 2.18. The predicted molar refractivity (Wildman–Crippen MR) is 76.9 cm³/mol. The molecule has 0 aliphatic heterocycles. The summed E-state index contributed by atoms with van der Waals surface area (Å²) in [6.45, 7) is 5.34. The Balaban J connectivity index is 2.14. The predicted octanol–water partition coefficient (Wildman–Crippen LogP) is 2.41. The largest absolute Gasteiger partial charge is 0.385 e. The van der Waals surface area contributed by atoms with Crippen LogP contribution in [0.25, 0.3) is 0 Å². The Hall–Kier alpha value is -2.11. The van der Waals surface area contributed by atoms with E-state index in [0.717, 1.165) is 6.42 Å². The number of anilines is 1. The van der Waals surface area contributed by atoms with Crippen LogP contribution in [0.4, 0.5) is 11.4 Å². The monoisotopic (exact) mass is 277 g/mol. The molecule has 0 aromatic heterocycles. The molecule has 0 spiro atoms. The van der Waals surface area contributed by atoms with Crippen molar-refractivity contribution in [3.05, 3.63) is 33.9 Å². The van der Waals surface area contributed by atoms with Crippen LogP contribution in [0, 0.1) is 22.0 Å². The lowest BCUT2D eigenvalue weighted by Gasteiger charge is -2.11. The number of rotatable bonds is 6. The third-order valence-corrected chi connectivity index (χ3v) is 3.63. The van der Waals surface area contributed by atoms with Crippen molar-refractivity contribution >= 4 is 17.3 Å². The molecule has 1 aliphatic carbocycles. The Bertz CT molecular complexity index is 530. The second-order valence-corrected chi connectivity index (χ2v) is 5.20. The van der Waals surface area contributed by atoms with E-state index in [1.165, 1.54) is 12.1 Å². The molecular weight excluding hydrogens is 258 g/mol. The molecule has 0 bridgehead atoms. The van der Waals surface area contributed by atoms with Crippen LogP contribution in [0.1, 0.15) is 30.6 Å². The van der Waals surface area contributed by atoms with E-state index in [-0.39, 0.29) is 11.6 Å². The first-order valence-electron chi connectivity index (χ1n) is 6.83. The van der Waals surface area contributed by atoms with Crippen molar-refractivity contribution in [1.82, 2.24) is 5.32 Å². The van der Waals surface area contributed by atoms with E-state index in [4.69, 9.17) is 0 Å². The van der Waals surface area contributed by atoms with Gasteiger partial charge in [0.15, 0.2) is 0 Å². The summed E-state index contributed by atoms with van der Waals surface area (Å²) in [7, 11) is 0. The highest BCUT2D eigenvalue weighted by Crippen LogP contribution is 2.36. The third kappa shape index (κ3) is 3.26. The quantitative estimate of drug-likeness (QED) is 0.617. The highest BCUT2D eigenvalue weighted by molar-refractivity contribution is 6.00. The average molecular weight is 277 g/mol. The Morgan fingerprint density at radius 1 is 1.50 bits per heavy atom. The lowest BCUT2D eigenvalue weighted by molar-refractivity contribution is -0.384. The summed E-state index contributed by atoms with van der Waals surface area (Å²) < 4.78 is 0. The number of nitro groups is 1. The number of hydrogen-bond donors (Lipinski definition) is 2. The molecule has 6 heteroatoms. The van der Waals surface area contributed by atoms with Crippen LogP contribution in [0.2, 0.25) is 0 Å². The van der Waals surface area contributed by atoms with Crippen molar-refractivity contribution < 1.29 is 9.72 Å². The Labute approximate surface area is 117 Å². The normalized spacial score (nSPS) is 20.3. The molecule has 2 rings (SSSR count). The first kappa shape index (κ1) is 14.3. The van der Waals surface area contributed by atoms with E-state index < -0.39 is 4.92 Å². The van der Waals surface area contributed by atoms with Gasteiger partial charge >= 0.3 is 0 Å². The van der Waals surface area contributed by atoms with Crippen molar-refractivity contribution in [2.45, 2.75) is 20.3 Å². The molecule has 0 heterocycles. The van der Waals surface area contributed by atoms with Gasteiger partial charge in [-0.05, 0) is 31.2 Å². The number of hydrogen-bond acceptors (Lipinski definition) is 4. The zero-order valence-electron chi connectivity index (χ0n) is 11.7. The minimum Gasteiger partial charge on any atom is -0.385 e. The van der Waals surface area contributed by atoms with Gasteiger partial charge in [-0.25, -0.2) is 0 Å². The molecular formula is C14H19N3O3. The number of amides is 1. The summed E-state index contributed by atoms with van der Waals surface area (Å²) >= 11 is 0. The van der Waals surface area contributed by atoms with Crippen molar-refractivity contribution in [1.29, 1.82) is 0 Å². The zero-order valence-corrected chi connectivity index (χ0v) is 11.7. The summed E-state index contributed by atoms with van der Waals surface area (Å²) in [5.41, 5.74) is 0.880. The number of nitro benzene ring substituents is 1. The van der Waals surface area contributed by atoms with E-state index in [9.17, 15) is 14.9 Å². The van der Waals surface area contributed by atoms with Gasteiger partial charge in [0.25, 0.3) is 11.6 Å². The topological polar surface area (TPSA) is 84.3 Å². The van der Waals surface area contributed by atoms with Crippen molar-refractivity contribution in [2.24, 2.45) is 11.8 Å². The van der Waals surface area contributed by atoms with Gasteiger partial charge in [0.2, 0.25) is 0 Å². The maximum atomic E-state index is 12.2. The van der Waals surface area contributed by atoms with Crippen molar-refractivity contribution in [3.8, 4) is 0 Å². The van der Waals surface area contributed by atoms with E-state index in [1.807, 2.05) is 6.92 Å². The van der Waals surface area contributed by atoms with E-state index in [2.05, 4.69) is 17.6 Å². The van der Waals surface area contributed by atoms with Crippen LogP contribution in [-0.2, 0) is 0 Å². The summed E-state index contributed by atoms with van der Waals surface area (Å²) in [5.74, 6) is 0.942. The molecule has 2 N–H and O–H groups in total. The zero-order chi connectivity index (χ0) is 14.7. The van der Waals surface area contributed by atoms with Crippen LogP contribution in [-0.4, -0.2) is 23.9 Å². The Morgan fingerprint density at radius 2 is 2.20 bits per heavy atom. The molecule has 1 aromatic carbocycles. The molecule has 1 aliphatic rings. The van der Waals surface area contributed by atoms with Crippen LogP contribution in [0.5, 0.6) is 0 Å². The highest BCUT2D eigenvalue weighted by atomic mass is 16.6. The van der Waals surface area contributed by atoms with Crippen molar-refractivity contribution in [3.63, 3.8) is 0 Å². The molecule has 108 valence electrons. The second-order valence-electron chi connectivity index (χ2n) is 5.20. The fourth-order valence-electron chi connectivity index (χ4n) is 2.18. The van der Waals surface area contributed by atoms with Gasteiger partial charge in [-0.1, -0.05) is 6.92 Å². The summed E-state index contributed by atoms with van der Waals surface area (Å²) in [5, 5.41) is 16.7. The molecule has 0 radical (unpaired) electrons. The SMILES string of the molecule is CCNc1ccc([N+](=O)[O-])cc1C(=O)NCC1CC1C.